The molecule has 0 spiro atoms. The van der Waals surface area contributed by atoms with E-state index in [0.29, 0.717) is 31.4 Å². The SMILES string of the molecule is Cc1ccc2c(c1)OCCN2C(=O)CC(C)C1CCCNC1. The predicted octanol–water partition coefficient (Wildman–Crippen LogP) is 2.75. The molecule has 22 heavy (non-hydrogen) atoms. The van der Waals surface area contributed by atoms with Crippen LogP contribution in [0, 0.1) is 18.8 Å². The first kappa shape index (κ1) is 15.3. The number of piperidine rings is 1. The molecule has 2 atom stereocenters. The molecule has 0 bridgehead atoms. The Labute approximate surface area is 132 Å². The minimum absolute atomic E-state index is 0.228. The third-order valence-corrected chi connectivity index (χ3v) is 4.92. The predicted molar refractivity (Wildman–Crippen MR) is 88.4 cm³/mol. The number of nitrogens with one attached hydrogen (secondary N) is 1. The molecule has 0 radical (unpaired) electrons. The van der Waals surface area contributed by atoms with Gasteiger partial charge in [-0.05, 0) is 62.4 Å². The molecule has 1 amide bonds. The lowest BCUT2D eigenvalue weighted by atomic mass is 9.85. The maximum atomic E-state index is 12.7. The number of fused-ring (bicyclic) bond motifs is 1. The average Bonchev–Trinajstić information content (AvgIpc) is 2.54. The van der Waals surface area contributed by atoms with Gasteiger partial charge in [0.25, 0.3) is 0 Å². The maximum Gasteiger partial charge on any atom is 0.227 e. The van der Waals surface area contributed by atoms with E-state index >= 15 is 0 Å². The quantitative estimate of drug-likeness (QED) is 0.933. The highest BCUT2D eigenvalue weighted by molar-refractivity contribution is 5.95. The third-order valence-electron chi connectivity index (χ3n) is 4.92. The molecule has 0 aromatic heterocycles. The molecule has 2 aliphatic heterocycles. The summed E-state index contributed by atoms with van der Waals surface area (Å²) in [5.41, 5.74) is 2.09. The van der Waals surface area contributed by atoms with Crippen LogP contribution in [0.5, 0.6) is 5.75 Å². The van der Waals surface area contributed by atoms with Crippen molar-refractivity contribution in [1.82, 2.24) is 5.32 Å². The first-order valence-corrected chi connectivity index (χ1v) is 8.39. The highest BCUT2D eigenvalue weighted by Crippen LogP contribution is 2.33. The lowest BCUT2D eigenvalue weighted by Gasteiger charge is -2.33. The number of carbonyl (C=O) groups excluding carboxylic acids is 1. The first-order chi connectivity index (χ1) is 10.6. The van der Waals surface area contributed by atoms with Gasteiger partial charge in [-0.2, -0.15) is 0 Å². The van der Waals surface area contributed by atoms with E-state index in [9.17, 15) is 4.79 Å². The first-order valence-electron chi connectivity index (χ1n) is 8.39. The third kappa shape index (κ3) is 3.27. The second-order valence-corrected chi connectivity index (χ2v) is 6.65. The fraction of sp³-hybridized carbons (Fsp3) is 0.611. The maximum absolute atomic E-state index is 12.7. The van der Waals surface area contributed by atoms with E-state index in [2.05, 4.69) is 12.2 Å². The highest BCUT2D eigenvalue weighted by atomic mass is 16.5. The molecule has 2 unspecified atom stereocenters. The van der Waals surface area contributed by atoms with Crippen molar-refractivity contribution in [3.05, 3.63) is 23.8 Å². The summed E-state index contributed by atoms with van der Waals surface area (Å²) in [7, 11) is 0. The Kier molecular flexibility index (Phi) is 4.67. The van der Waals surface area contributed by atoms with Crippen LogP contribution in [0.1, 0.15) is 31.7 Å². The molecule has 120 valence electrons. The normalized spacial score (nSPS) is 22.6. The molecule has 0 saturated carbocycles. The van der Waals surface area contributed by atoms with Gasteiger partial charge in [-0.25, -0.2) is 0 Å². The molecule has 1 aromatic carbocycles. The van der Waals surface area contributed by atoms with Crippen LogP contribution in [0.4, 0.5) is 5.69 Å². The van der Waals surface area contributed by atoms with Crippen molar-refractivity contribution < 1.29 is 9.53 Å². The van der Waals surface area contributed by atoms with E-state index in [1.165, 1.54) is 12.8 Å². The number of rotatable bonds is 3. The van der Waals surface area contributed by atoms with Crippen molar-refractivity contribution in [3.8, 4) is 5.75 Å². The van der Waals surface area contributed by atoms with Crippen LogP contribution in [0.15, 0.2) is 18.2 Å². The molecule has 4 nitrogen and oxygen atoms in total. The average molecular weight is 302 g/mol. The van der Waals surface area contributed by atoms with Crippen molar-refractivity contribution in [2.24, 2.45) is 11.8 Å². The smallest absolute Gasteiger partial charge is 0.227 e. The lowest BCUT2D eigenvalue weighted by Crippen LogP contribution is -2.40. The summed E-state index contributed by atoms with van der Waals surface area (Å²) >= 11 is 0. The minimum Gasteiger partial charge on any atom is -0.490 e. The van der Waals surface area contributed by atoms with Crippen LogP contribution >= 0.6 is 0 Å². The zero-order chi connectivity index (χ0) is 15.5. The van der Waals surface area contributed by atoms with Crippen LogP contribution in [-0.4, -0.2) is 32.1 Å². The van der Waals surface area contributed by atoms with Gasteiger partial charge in [0.1, 0.15) is 12.4 Å². The Morgan fingerprint density at radius 3 is 3.14 bits per heavy atom. The number of benzene rings is 1. The Morgan fingerprint density at radius 2 is 2.36 bits per heavy atom. The fourth-order valence-corrected chi connectivity index (χ4v) is 3.50. The van der Waals surface area contributed by atoms with E-state index in [0.717, 1.165) is 30.1 Å². The van der Waals surface area contributed by atoms with E-state index in [4.69, 9.17) is 4.74 Å². The fourth-order valence-electron chi connectivity index (χ4n) is 3.50. The van der Waals surface area contributed by atoms with Gasteiger partial charge in [-0.15, -0.1) is 0 Å². The highest BCUT2D eigenvalue weighted by Gasteiger charge is 2.28. The largest absolute Gasteiger partial charge is 0.490 e. The molecular formula is C18H26N2O2. The van der Waals surface area contributed by atoms with E-state index in [1.54, 1.807) is 0 Å². The second kappa shape index (κ2) is 6.69. The molecule has 4 heteroatoms. The van der Waals surface area contributed by atoms with Crippen LogP contribution in [-0.2, 0) is 4.79 Å². The van der Waals surface area contributed by atoms with Gasteiger partial charge in [0, 0.05) is 6.42 Å². The van der Waals surface area contributed by atoms with Crippen molar-refractivity contribution in [2.75, 3.05) is 31.1 Å². The summed E-state index contributed by atoms with van der Waals surface area (Å²) in [5, 5.41) is 3.45. The van der Waals surface area contributed by atoms with Crippen LogP contribution in [0.2, 0.25) is 0 Å². The zero-order valence-corrected chi connectivity index (χ0v) is 13.6. The molecule has 1 fully saturated rings. The molecule has 1 N–H and O–H groups in total. The number of hydrogen-bond donors (Lipinski definition) is 1. The van der Waals surface area contributed by atoms with Gasteiger partial charge in [0.05, 0.1) is 12.2 Å². The summed E-state index contributed by atoms with van der Waals surface area (Å²) in [5.74, 6) is 2.12. The van der Waals surface area contributed by atoms with Crippen molar-refractivity contribution in [1.29, 1.82) is 0 Å². The van der Waals surface area contributed by atoms with Crippen LogP contribution < -0.4 is 15.0 Å². The Balaban J connectivity index is 1.68. The molecule has 2 heterocycles. The number of amides is 1. The van der Waals surface area contributed by atoms with E-state index in [1.807, 2.05) is 30.0 Å². The summed E-state index contributed by atoms with van der Waals surface area (Å²) in [4.78, 5) is 14.7. The summed E-state index contributed by atoms with van der Waals surface area (Å²) in [6.07, 6.45) is 3.09. The van der Waals surface area contributed by atoms with E-state index < -0.39 is 0 Å². The summed E-state index contributed by atoms with van der Waals surface area (Å²) in [6.45, 7) is 7.67. The Bertz CT molecular complexity index is 538. The van der Waals surface area contributed by atoms with E-state index in [-0.39, 0.29) is 5.91 Å². The Hall–Kier alpha value is -1.55. The molecule has 1 aromatic rings. The van der Waals surface area contributed by atoms with Gasteiger partial charge < -0.3 is 15.0 Å². The molecule has 0 aliphatic carbocycles. The number of nitrogens with zero attached hydrogens (tertiary/aromatic N) is 1. The Morgan fingerprint density at radius 1 is 1.50 bits per heavy atom. The van der Waals surface area contributed by atoms with Gasteiger partial charge in [0.15, 0.2) is 0 Å². The number of ether oxygens (including phenoxy) is 1. The van der Waals surface area contributed by atoms with Gasteiger partial charge >= 0.3 is 0 Å². The minimum atomic E-state index is 0.228. The number of aryl methyl sites for hydroxylation is 1. The number of carbonyl (C=O) groups is 1. The van der Waals surface area contributed by atoms with Gasteiger partial charge in [-0.3, -0.25) is 4.79 Å². The molecule has 1 saturated heterocycles. The molecule has 3 rings (SSSR count). The lowest BCUT2D eigenvalue weighted by molar-refractivity contribution is -0.120. The second-order valence-electron chi connectivity index (χ2n) is 6.65. The number of anilines is 1. The van der Waals surface area contributed by atoms with Crippen molar-refractivity contribution in [2.45, 2.75) is 33.1 Å². The standard InChI is InChI=1S/C18H26N2O2/c1-13-5-6-16-17(10-13)22-9-8-20(16)18(21)11-14(2)15-4-3-7-19-12-15/h5-6,10,14-15,19H,3-4,7-9,11-12H2,1-2H3. The van der Waals surface area contributed by atoms with Gasteiger partial charge in [-0.1, -0.05) is 13.0 Å². The number of hydrogen-bond acceptors (Lipinski definition) is 3. The van der Waals surface area contributed by atoms with Crippen molar-refractivity contribution in [3.63, 3.8) is 0 Å². The summed E-state index contributed by atoms with van der Waals surface area (Å²) < 4.78 is 5.70. The molecular weight excluding hydrogens is 276 g/mol. The monoisotopic (exact) mass is 302 g/mol. The zero-order valence-electron chi connectivity index (χ0n) is 13.6. The topological polar surface area (TPSA) is 41.6 Å². The summed E-state index contributed by atoms with van der Waals surface area (Å²) in [6, 6.07) is 6.07. The van der Waals surface area contributed by atoms with Gasteiger partial charge in [0.2, 0.25) is 5.91 Å². The van der Waals surface area contributed by atoms with Crippen LogP contribution in [0.25, 0.3) is 0 Å². The van der Waals surface area contributed by atoms with Crippen LogP contribution in [0.3, 0.4) is 0 Å². The van der Waals surface area contributed by atoms with Crippen molar-refractivity contribution >= 4 is 11.6 Å². The molecule has 2 aliphatic rings.